The van der Waals surface area contributed by atoms with Gasteiger partial charge in [0.2, 0.25) is 0 Å². The zero-order valence-corrected chi connectivity index (χ0v) is 17.3. The van der Waals surface area contributed by atoms with Crippen molar-refractivity contribution in [1.82, 2.24) is 0 Å². The number of carbonyl (C=O) groups is 1. The Hall–Kier alpha value is -1.33. The van der Waals surface area contributed by atoms with Gasteiger partial charge in [0.15, 0.2) is 6.29 Å². The van der Waals surface area contributed by atoms with Crippen LogP contribution in [-0.4, -0.2) is 87.6 Å². The molecule has 0 aromatic heterocycles. The van der Waals surface area contributed by atoms with Gasteiger partial charge in [-0.2, -0.15) is 0 Å². The normalized spacial score (nSPS) is 46.2. The number of esters is 1. The Morgan fingerprint density at radius 1 is 1.17 bits per heavy atom. The van der Waals surface area contributed by atoms with E-state index in [4.69, 9.17) is 14.2 Å². The number of rotatable bonds is 4. The van der Waals surface area contributed by atoms with E-state index in [1.54, 1.807) is 0 Å². The molecular formula is C21H32O9. The predicted octanol–water partition coefficient (Wildman–Crippen LogP) is -0.602. The number of carbonyl (C=O) groups excluding carboxylic acids is 1. The van der Waals surface area contributed by atoms with Gasteiger partial charge in [0.25, 0.3) is 0 Å². The molecule has 170 valence electrons. The van der Waals surface area contributed by atoms with Crippen LogP contribution in [0.25, 0.3) is 0 Å². The highest BCUT2D eigenvalue weighted by molar-refractivity contribution is 5.75. The fourth-order valence-corrected chi connectivity index (χ4v) is 4.29. The van der Waals surface area contributed by atoms with Crippen molar-refractivity contribution in [3.8, 4) is 0 Å². The van der Waals surface area contributed by atoms with Gasteiger partial charge in [0.1, 0.15) is 30.5 Å². The molecule has 2 fully saturated rings. The minimum absolute atomic E-state index is 0.0200. The third kappa shape index (κ3) is 4.77. The summed E-state index contributed by atoms with van der Waals surface area (Å²) in [4.78, 5) is 12.1. The summed E-state index contributed by atoms with van der Waals surface area (Å²) in [7, 11) is 0. The number of aliphatic hydroxyl groups excluding tert-OH is 5. The van der Waals surface area contributed by atoms with Gasteiger partial charge in [0.05, 0.1) is 25.2 Å². The Morgan fingerprint density at radius 2 is 1.90 bits per heavy atom. The lowest BCUT2D eigenvalue weighted by molar-refractivity contribution is -0.308. The maximum atomic E-state index is 12.1. The van der Waals surface area contributed by atoms with Crippen LogP contribution < -0.4 is 0 Å². The standard InChI is InChI=1S/C21H32O9/c1-10-7-15-13(11(2)20(27)28-15)5-3-12(8-22)4-6-14(10)29-21-19(26)18(25)17(24)16(9-23)30-21/h4,7,11,13-19,21-26H,3,5-6,8-9H2,1-2H3/b10-7+,12-4+/t11-,13-,14-,15-,16+,17+,18-,19+,21+/m0/s1. The van der Waals surface area contributed by atoms with Crippen molar-refractivity contribution in [1.29, 1.82) is 0 Å². The molecule has 3 aliphatic rings. The number of ether oxygens (including phenoxy) is 3. The molecule has 30 heavy (non-hydrogen) atoms. The highest BCUT2D eigenvalue weighted by Gasteiger charge is 2.45. The molecule has 2 saturated heterocycles. The average molecular weight is 428 g/mol. The van der Waals surface area contributed by atoms with Crippen LogP contribution in [0, 0.1) is 11.8 Å². The van der Waals surface area contributed by atoms with E-state index in [1.807, 2.05) is 26.0 Å². The average Bonchev–Trinajstić information content (AvgIpc) is 2.99. The SMILES string of the molecule is C/C1=C\[C@@H]2OC(=O)[C@@H](C)[C@@H]2CC/C(CO)=C\C[C@@H]1O[C@@H]1O[C@H](CO)[C@@H](O)[C@H](O)[C@H]1O. The highest BCUT2D eigenvalue weighted by atomic mass is 16.7. The minimum Gasteiger partial charge on any atom is -0.458 e. The van der Waals surface area contributed by atoms with Gasteiger partial charge < -0.3 is 39.7 Å². The second-order valence-corrected chi connectivity index (χ2v) is 8.38. The van der Waals surface area contributed by atoms with Gasteiger partial charge in [-0.15, -0.1) is 0 Å². The van der Waals surface area contributed by atoms with Crippen LogP contribution in [0.15, 0.2) is 23.3 Å². The van der Waals surface area contributed by atoms with E-state index in [0.717, 1.165) is 11.1 Å². The minimum atomic E-state index is -1.53. The molecule has 9 nitrogen and oxygen atoms in total. The van der Waals surface area contributed by atoms with Crippen LogP contribution in [0.2, 0.25) is 0 Å². The number of fused-ring (bicyclic) bond motifs is 1. The van der Waals surface area contributed by atoms with Crippen molar-refractivity contribution >= 4 is 5.97 Å². The quantitative estimate of drug-likeness (QED) is 0.293. The molecule has 0 aromatic carbocycles. The first kappa shape index (κ1) is 23.3. The first-order valence-electron chi connectivity index (χ1n) is 10.4. The lowest BCUT2D eigenvalue weighted by atomic mass is 9.84. The number of aliphatic hydroxyl groups is 5. The zero-order valence-electron chi connectivity index (χ0n) is 17.3. The highest BCUT2D eigenvalue weighted by Crippen LogP contribution is 2.36. The molecule has 2 aliphatic heterocycles. The second kappa shape index (κ2) is 9.86. The Bertz CT molecular complexity index is 673. The third-order valence-corrected chi connectivity index (χ3v) is 6.39. The molecule has 9 heteroatoms. The molecule has 5 N–H and O–H groups in total. The van der Waals surface area contributed by atoms with Crippen LogP contribution in [0.1, 0.15) is 33.1 Å². The van der Waals surface area contributed by atoms with Crippen LogP contribution >= 0.6 is 0 Å². The molecule has 3 rings (SSSR count). The van der Waals surface area contributed by atoms with E-state index in [-0.39, 0.29) is 24.4 Å². The fourth-order valence-electron chi connectivity index (χ4n) is 4.29. The Morgan fingerprint density at radius 3 is 2.57 bits per heavy atom. The molecule has 0 saturated carbocycles. The monoisotopic (exact) mass is 428 g/mol. The first-order valence-corrected chi connectivity index (χ1v) is 10.4. The van der Waals surface area contributed by atoms with Crippen molar-refractivity contribution in [3.05, 3.63) is 23.3 Å². The van der Waals surface area contributed by atoms with Gasteiger partial charge in [0, 0.05) is 5.92 Å². The van der Waals surface area contributed by atoms with Crippen molar-refractivity contribution < 1.29 is 44.5 Å². The maximum absolute atomic E-state index is 12.1. The first-order chi connectivity index (χ1) is 14.3. The van der Waals surface area contributed by atoms with Gasteiger partial charge >= 0.3 is 5.97 Å². The van der Waals surface area contributed by atoms with E-state index in [0.29, 0.717) is 19.3 Å². The number of hydrogen-bond donors (Lipinski definition) is 5. The van der Waals surface area contributed by atoms with Gasteiger partial charge in [-0.3, -0.25) is 4.79 Å². The predicted molar refractivity (Wildman–Crippen MR) is 104 cm³/mol. The van der Waals surface area contributed by atoms with Crippen LogP contribution in [0.4, 0.5) is 0 Å². The molecule has 1 aliphatic carbocycles. The summed E-state index contributed by atoms with van der Waals surface area (Å²) < 4.78 is 16.9. The molecule has 9 atom stereocenters. The van der Waals surface area contributed by atoms with Gasteiger partial charge in [-0.05, 0) is 43.4 Å². The third-order valence-electron chi connectivity index (χ3n) is 6.39. The smallest absolute Gasteiger partial charge is 0.309 e. The van der Waals surface area contributed by atoms with E-state index in [2.05, 4.69) is 0 Å². The largest absolute Gasteiger partial charge is 0.458 e. The second-order valence-electron chi connectivity index (χ2n) is 8.38. The van der Waals surface area contributed by atoms with Crippen molar-refractivity contribution in [2.75, 3.05) is 13.2 Å². The van der Waals surface area contributed by atoms with E-state index < -0.39 is 49.5 Å². The van der Waals surface area contributed by atoms with E-state index in [1.165, 1.54) is 0 Å². The molecule has 2 heterocycles. The molecule has 0 unspecified atom stereocenters. The zero-order chi connectivity index (χ0) is 22.0. The van der Waals surface area contributed by atoms with Crippen molar-refractivity contribution in [3.63, 3.8) is 0 Å². The summed E-state index contributed by atoms with van der Waals surface area (Å²) in [6.07, 6.45) is -2.44. The van der Waals surface area contributed by atoms with E-state index >= 15 is 0 Å². The molecule has 0 bridgehead atoms. The van der Waals surface area contributed by atoms with Gasteiger partial charge in [-0.25, -0.2) is 0 Å². The summed E-state index contributed by atoms with van der Waals surface area (Å²) in [6.45, 7) is 3.00. The molecule has 0 aromatic rings. The van der Waals surface area contributed by atoms with Crippen LogP contribution in [-0.2, 0) is 19.0 Å². The molecular weight excluding hydrogens is 396 g/mol. The van der Waals surface area contributed by atoms with Crippen molar-refractivity contribution in [2.45, 2.75) is 76.0 Å². The van der Waals surface area contributed by atoms with Gasteiger partial charge in [-0.1, -0.05) is 13.0 Å². The Labute approximate surface area is 175 Å². The summed E-state index contributed by atoms with van der Waals surface area (Å²) in [5, 5.41) is 49.4. The lowest BCUT2D eigenvalue weighted by Gasteiger charge is -2.41. The lowest BCUT2D eigenvalue weighted by Crippen LogP contribution is -2.59. The summed E-state index contributed by atoms with van der Waals surface area (Å²) in [6, 6.07) is 0. The molecule has 0 radical (unpaired) electrons. The molecule has 0 amide bonds. The molecule has 0 spiro atoms. The topological polar surface area (TPSA) is 146 Å². The Kier molecular flexibility index (Phi) is 7.67. The van der Waals surface area contributed by atoms with Crippen LogP contribution in [0.5, 0.6) is 0 Å². The van der Waals surface area contributed by atoms with Crippen LogP contribution in [0.3, 0.4) is 0 Å². The van der Waals surface area contributed by atoms with E-state index in [9.17, 15) is 30.3 Å². The summed E-state index contributed by atoms with van der Waals surface area (Å²) >= 11 is 0. The summed E-state index contributed by atoms with van der Waals surface area (Å²) in [5.74, 6) is -0.522. The Balaban J connectivity index is 1.84. The number of hydrogen-bond acceptors (Lipinski definition) is 9. The summed E-state index contributed by atoms with van der Waals surface area (Å²) in [5.41, 5.74) is 1.57. The maximum Gasteiger partial charge on any atom is 0.309 e. The van der Waals surface area contributed by atoms with Crippen molar-refractivity contribution in [2.24, 2.45) is 11.8 Å². The fraction of sp³-hybridized carbons (Fsp3) is 0.762.